The van der Waals surface area contributed by atoms with Crippen molar-refractivity contribution in [3.63, 3.8) is 0 Å². The summed E-state index contributed by atoms with van der Waals surface area (Å²) in [6.07, 6.45) is 8.38. The van der Waals surface area contributed by atoms with Crippen molar-refractivity contribution in [1.82, 2.24) is 4.98 Å². The monoisotopic (exact) mass is 337 g/mol. The van der Waals surface area contributed by atoms with Crippen LogP contribution in [0.2, 0.25) is 0 Å². The van der Waals surface area contributed by atoms with Crippen molar-refractivity contribution in [2.45, 2.75) is 38.5 Å². The average molecular weight is 337 g/mol. The summed E-state index contributed by atoms with van der Waals surface area (Å²) in [6.45, 7) is 2.05. The first-order chi connectivity index (χ1) is 12.1. The van der Waals surface area contributed by atoms with E-state index in [9.17, 15) is 14.7 Å². The van der Waals surface area contributed by atoms with E-state index in [1.54, 1.807) is 6.20 Å². The third-order valence-electron chi connectivity index (χ3n) is 5.14. The summed E-state index contributed by atoms with van der Waals surface area (Å²) in [5, 5.41) is 10.9. The highest BCUT2D eigenvalue weighted by Crippen LogP contribution is 2.43. The molecule has 1 N–H and O–H groups in total. The molecule has 1 fully saturated rings. The second-order valence-corrected chi connectivity index (χ2v) is 6.63. The molecule has 1 aliphatic carbocycles. The maximum absolute atomic E-state index is 12.4. The Kier molecular flexibility index (Phi) is 5.27. The number of benzene rings is 1. The number of pyridine rings is 1. The SMILES string of the molecule is CC/C=C\CC1C(=O)CCC1C(C(=O)O)c1cccc2cccnc12. The number of carboxylic acid groups (broad SMARTS) is 1. The van der Waals surface area contributed by atoms with Gasteiger partial charge < -0.3 is 5.11 Å². The van der Waals surface area contributed by atoms with Crippen LogP contribution in [0.25, 0.3) is 10.9 Å². The Morgan fingerprint density at radius 3 is 2.88 bits per heavy atom. The number of carbonyl (C=O) groups excluding carboxylic acids is 1. The van der Waals surface area contributed by atoms with Gasteiger partial charge in [-0.25, -0.2) is 0 Å². The van der Waals surface area contributed by atoms with Crippen molar-refractivity contribution >= 4 is 22.7 Å². The van der Waals surface area contributed by atoms with E-state index < -0.39 is 11.9 Å². The van der Waals surface area contributed by atoms with Gasteiger partial charge in [-0.3, -0.25) is 14.6 Å². The minimum atomic E-state index is -0.873. The number of allylic oxidation sites excluding steroid dienone is 2. The largest absolute Gasteiger partial charge is 0.481 e. The van der Waals surface area contributed by atoms with Crippen molar-refractivity contribution in [3.05, 3.63) is 54.2 Å². The second-order valence-electron chi connectivity index (χ2n) is 6.63. The highest BCUT2D eigenvalue weighted by molar-refractivity contribution is 5.90. The minimum Gasteiger partial charge on any atom is -0.481 e. The first-order valence-corrected chi connectivity index (χ1v) is 8.87. The molecule has 4 nitrogen and oxygen atoms in total. The van der Waals surface area contributed by atoms with Gasteiger partial charge in [-0.15, -0.1) is 0 Å². The number of fused-ring (bicyclic) bond motifs is 1. The number of carboxylic acids is 1. The van der Waals surface area contributed by atoms with E-state index in [0.29, 0.717) is 19.3 Å². The molecule has 1 aromatic heterocycles. The van der Waals surface area contributed by atoms with E-state index >= 15 is 0 Å². The Bertz CT molecular complexity index is 806. The van der Waals surface area contributed by atoms with Crippen molar-refractivity contribution in [3.8, 4) is 0 Å². The lowest BCUT2D eigenvalue weighted by atomic mass is 9.77. The Hall–Kier alpha value is -2.49. The van der Waals surface area contributed by atoms with Gasteiger partial charge in [0.15, 0.2) is 0 Å². The van der Waals surface area contributed by atoms with Gasteiger partial charge in [0.1, 0.15) is 5.78 Å². The molecule has 3 atom stereocenters. The van der Waals surface area contributed by atoms with Crippen LogP contribution in [0.3, 0.4) is 0 Å². The predicted molar refractivity (Wildman–Crippen MR) is 97.4 cm³/mol. The Balaban J connectivity index is 2.01. The van der Waals surface area contributed by atoms with Crippen molar-refractivity contribution in [2.24, 2.45) is 11.8 Å². The number of Topliss-reactive ketones (excluding diaryl/α,β-unsaturated/α-hetero) is 1. The van der Waals surface area contributed by atoms with E-state index in [0.717, 1.165) is 22.9 Å². The number of nitrogens with zero attached hydrogens (tertiary/aromatic N) is 1. The maximum atomic E-state index is 12.4. The summed E-state index contributed by atoms with van der Waals surface area (Å²) in [7, 11) is 0. The Morgan fingerprint density at radius 2 is 2.12 bits per heavy atom. The normalized spacial score (nSPS) is 21.9. The molecule has 25 heavy (non-hydrogen) atoms. The number of hydrogen-bond acceptors (Lipinski definition) is 3. The maximum Gasteiger partial charge on any atom is 0.311 e. The molecule has 0 radical (unpaired) electrons. The van der Waals surface area contributed by atoms with Crippen LogP contribution in [0.15, 0.2) is 48.7 Å². The topological polar surface area (TPSA) is 67.3 Å². The van der Waals surface area contributed by atoms with Gasteiger partial charge in [0.05, 0.1) is 11.4 Å². The second kappa shape index (κ2) is 7.60. The first-order valence-electron chi connectivity index (χ1n) is 8.87. The quantitative estimate of drug-likeness (QED) is 0.796. The van der Waals surface area contributed by atoms with Gasteiger partial charge in [-0.05, 0) is 36.8 Å². The summed E-state index contributed by atoms with van der Waals surface area (Å²) in [5.41, 5.74) is 1.44. The standard InChI is InChI=1S/C21H23NO3/c1-2-3-4-9-15-16(11-12-18(15)23)19(21(24)25)17-10-5-7-14-8-6-13-22-20(14)17/h3-8,10,13,15-16,19H,2,9,11-12H2,1H3,(H,24,25)/b4-3-. The predicted octanol–water partition coefficient (Wildman–Crippen LogP) is 4.35. The van der Waals surface area contributed by atoms with E-state index in [-0.39, 0.29) is 17.6 Å². The summed E-state index contributed by atoms with van der Waals surface area (Å²) < 4.78 is 0. The van der Waals surface area contributed by atoms with Crippen molar-refractivity contribution in [1.29, 1.82) is 0 Å². The number of carbonyl (C=O) groups is 2. The lowest BCUT2D eigenvalue weighted by Gasteiger charge is -2.25. The number of aromatic nitrogens is 1. The van der Waals surface area contributed by atoms with Crippen LogP contribution >= 0.6 is 0 Å². The van der Waals surface area contributed by atoms with Crippen molar-refractivity contribution in [2.75, 3.05) is 0 Å². The molecular formula is C21H23NO3. The van der Waals surface area contributed by atoms with Crippen LogP contribution in [0.4, 0.5) is 0 Å². The smallest absolute Gasteiger partial charge is 0.311 e. The molecule has 0 amide bonds. The summed E-state index contributed by atoms with van der Waals surface area (Å²) in [6, 6.07) is 9.44. The molecule has 0 saturated heterocycles. The van der Waals surface area contributed by atoms with E-state index in [1.807, 2.05) is 49.4 Å². The van der Waals surface area contributed by atoms with Gasteiger partial charge in [-0.1, -0.05) is 43.3 Å². The number of hydrogen-bond donors (Lipinski definition) is 1. The van der Waals surface area contributed by atoms with Crippen LogP contribution < -0.4 is 0 Å². The zero-order valence-corrected chi connectivity index (χ0v) is 14.4. The average Bonchev–Trinajstić information content (AvgIpc) is 2.96. The molecule has 1 heterocycles. The van der Waals surface area contributed by atoms with Crippen LogP contribution in [0.5, 0.6) is 0 Å². The fourth-order valence-electron chi connectivity index (χ4n) is 3.97. The molecule has 4 heteroatoms. The fraction of sp³-hybridized carbons (Fsp3) is 0.381. The molecular weight excluding hydrogens is 314 g/mol. The molecule has 0 spiro atoms. The van der Waals surface area contributed by atoms with Gasteiger partial charge >= 0.3 is 5.97 Å². The number of ketones is 1. The van der Waals surface area contributed by atoms with Gasteiger partial charge in [-0.2, -0.15) is 0 Å². The van der Waals surface area contributed by atoms with E-state index in [1.165, 1.54) is 0 Å². The fourth-order valence-corrected chi connectivity index (χ4v) is 3.97. The molecule has 1 aromatic carbocycles. The molecule has 0 aliphatic heterocycles. The van der Waals surface area contributed by atoms with Gasteiger partial charge in [0, 0.05) is 23.9 Å². The summed E-state index contributed by atoms with van der Waals surface area (Å²) >= 11 is 0. The molecule has 130 valence electrons. The Labute approximate surface area is 147 Å². The third kappa shape index (κ3) is 3.48. The summed E-state index contributed by atoms with van der Waals surface area (Å²) in [5.74, 6) is -1.79. The van der Waals surface area contributed by atoms with Crippen LogP contribution in [0, 0.1) is 11.8 Å². The third-order valence-corrected chi connectivity index (χ3v) is 5.14. The van der Waals surface area contributed by atoms with Crippen LogP contribution in [-0.4, -0.2) is 21.8 Å². The zero-order chi connectivity index (χ0) is 17.8. The van der Waals surface area contributed by atoms with Gasteiger partial charge in [0.25, 0.3) is 0 Å². The lowest BCUT2D eigenvalue weighted by Crippen LogP contribution is -2.27. The number of para-hydroxylation sites is 1. The number of aliphatic carboxylic acids is 1. The van der Waals surface area contributed by atoms with E-state index in [2.05, 4.69) is 4.98 Å². The molecule has 1 aliphatic rings. The summed E-state index contributed by atoms with van der Waals surface area (Å²) in [4.78, 5) is 28.9. The highest BCUT2D eigenvalue weighted by atomic mass is 16.4. The van der Waals surface area contributed by atoms with Crippen LogP contribution in [0.1, 0.15) is 44.1 Å². The highest BCUT2D eigenvalue weighted by Gasteiger charge is 2.43. The zero-order valence-electron chi connectivity index (χ0n) is 14.4. The number of rotatable bonds is 6. The first kappa shape index (κ1) is 17.3. The molecule has 2 aromatic rings. The molecule has 3 rings (SSSR count). The van der Waals surface area contributed by atoms with Crippen molar-refractivity contribution < 1.29 is 14.7 Å². The van der Waals surface area contributed by atoms with E-state index in [4.69, 9.17) is 0 Å². The van der Waals surface area contributed by atoms with Crippen LogP contribution in [-0.2, 0) is 9.59 Å². The molecule has 1 saturated carbocycles. The minimum absolute atomic E-state index is 0.181. The molecule has 3 unspecified atom stereocenters. The van der Waals surface area contributed by atoms with Gasteiger partial charge in [0.2, 0.25) is 0 Å². The Morgan fingerprint density at radius 1 is 1.32 bits per heavy atom. The lowest BCUT2D eigenvalue weighted by molar-refractivity contribution is -0.140. The molecule has 0 bridgehead atoms.